The third kappa shape index (κ3) is 3.87. The van der Waals surface area contributed by atoms with Gasteiger partial charge in [0.15, 0.2) is 6.61 Å². The zero-order chi connectivity index (χ0) is 18.8. The van der Waals surface area contributed by atoms with Crippen molar-refractivity contribution >= 4 is 28.7 Å². The largest absolute Gasteiger partial charge is 0.485 e. The van der Waals surface area contributed by atoms with Crippen LogP contribution >= 0.6 is 22.9 Å². The lowest BCUT2D eigenvalue weighted by Crippen LogP contribution is -2.14. The number of benzene rings is 1. The molecule has 0 spiro atoms. The molecule has 0 N–H and O–H groups in total. The van der Waals surface area contributed by atoms with Crippen molar-refractivity contribution in [1.82, 2.24) is 4.57 Å². The van der Waals surface area contributed by atoms with Crippen LogP contribution in [-0.2, 0) is 6.54 Å². The van der Waals surface area contributed by atoms with E-state index in [1.807, 2.05) is 52.0 Å². The van der Waals surface area contributed by atoms with Gasteiger partial charge in [-0.2, -0.15) is 0 Å². The lowest BCUT2D eigenvalue weighted by Gasteiger charge is -2.12. The number of aromatic nitrogens is 1. The normalized spacial score (nSPS) is 11.0. The van der Waals surface area contributed by atoms with Crippen LogP contribution in [0.3, 0.4) is 0 Å². The highest BCUT2D eigenvalue weighted by molar-refractivity contribution is 7.09. The first kappa shape index (κ1) is 18.7. The molecule has 3 aromatic rings. The van der Waals surface area contributed by atoms with E-state index in [0.717, 1.165) is 40.4 Å². The molecule has 1 aromatic carbocycles. The molecule has 0 bridgehead atoms. The van der Waals surface area contributed by atoms with Gasteiger partial charge in [-0.05, 0) is 68.5 Å². The van der Waals surface area contributed by atoms with Crippen molar-refractivity contribution in [3.63, 3.8) is 0 Å². The second kappa shape index (κ2) is 7.68. The van der Waals surface area contributed by atoms with Gasteiger partial charge in [0.2, 0.25) is 5.78 Å². The highest BCUT2D eigenvalue weighted by Gasteiger charge is 2.17. The van der Waals surface area contributed by atoms with E-state index in [2.05, 4.69) is 16.0 Å². The van der Waals surface area contributed by atoms with E-state index in [1.54, 1.807) is 11.3 Å². The Morgan fingerprint density at radius 1 is 1.15 bits per heavy atom. The molecule has 0 fully saturated rings. The summed E-state index contributed by atoms with van der Waals surface area (Å²) in [5, 5.41) is 2.75. The first-order valence-electron chi connectivity index (χ1n) is 8.48. The summed E-state index contributed by atoms with van der Waals surface area (Å²) in [4.78, 5) is 14.0. The van der Waals surface area contributed by atoms with E-state index in [1.165, 1.54) is 4.88 Å². The Hall–Kier alpha value is -2.04. The van der Waals surface area contributed by atoms with Gasteiger partial charge in [0.05, 0.1) is 6.54 Å². The van der Waals surface area contributed by atoms with Crippen molar-refractivity contribution in [2.75, 3.05) is 6.61 Å². The van der Waals surface area contributed by atoms with E-state index in [4.69, 9.17) is 16.3 Å². The van der Waals surface area contributed by atoms with E-state index in [9.17, 15) is 4.79 Å². The summed E-state index contributed by atoms with van der Waals surface area (Å²) in [6.45, 7) is 8.71. The van der Waals surface area contributed by atoms with Crippen molar-refractivity contribution in [2.24, 2.45) is 0 Å². The minimum Gasteiger partial charge on any atom is -0.485 e. The highest BCUT2D eigenvalue weighted by atomic mass is 35.5. The standard InChI is InChI=1S/C21H22ClNO2S/c1-13-8-17(22)9-14(2)21(13)25-12-20(24)19-10-15(3)23(16(19)4)11-18-6-5-7-26-18/h5-10H,11-12H2,1-4H3. The van der Waals surface area contributed by atoms with Gasteiger partial charge >= 0.3 is 0 Å². The average Bonchev–Trinajstić information content (AvgIpc) is 3.17. The van der Waals surface area contributed by atoms with Crippen LogP contribution in [-0.4, -0.2) is 17.0 Å². The number of halogens is 1. The lowest BCUT2D eigenvalue weighted by molar-refractivity contribution is 0.0920. The second-order valence-corrected chi connectivity index (χ2v) is 8.00. The molecule has 5 heteroatoms. The maximum Gasteiger partial charge on any atom is 0.202 e. The summed E-state index contributed by atoms with van der Waals surface area (Å²) < 4.78 is 8.01. The number of hydrogen-bond donors (Lipinski definition) is 0. The Bertz CT molecular complexity index is 918. The van der Waals surface area contributed by atoms with Crippen LogP contribution in [0, 0.1) is 27.7 Å². The third-order valence-corrected chi connectivity index (χ3v) is 5.62. The molecule has 0 amide bonds. The van der Waals surface area contributed by atoms with Gasteiger partial charge in [0.25, 0.3) is 0 Å². The summed E-state index contributed by atoms with van der Waals surface area (Å²) in [6, 6.07) is 9.81. The fraction of sp³-hybridized carbons (Fsp3) is 0.286. The van der Waals surface area contributed by atoms with E-state index >= 15 is 0 Å². The summed E-state index contributed by atoms with van der Waals surface area (Å²) in [5.74, 6) is 0.722. The Kier molecular flexibility index (Phi) is 5.54. The van der Waals surface area contributed by atoms with Gasteiger partial charge in [0, 0.05) is 26.9 Å². The number of rotatable bonds is 6. The molecule has 3 nitrogen and oxygen atoms in total. The molecule has 0 aliphatic heterocycles. The second-order valence-electron chi connectivity index (χ2n) is 6.53. The summed E-state index contributed by atoms with van der Waals surface area (Å²) in [6.07, 6.45) is 0. The molecule has 0 atom stereocenters. The lowest BCUT2D eigenvalue weighted by atomic mass is 10.1. The molecule has 26 heavy (non-hydrogen) atoms. The Morgan fingerprint density at radius 2 is 1.85 bits per heavy atom. The molecule has 2 heterocycles. The smallest absolute Gasteiger partial charge is 0.202 e. The SMILES string of the molecule is Cc1cc(Cl)cc(C)c1OCC(=O)c1cc(C)n(Cc2cccs2)c1C. The van der Waals surface area contributed by atoms with E-state index in [0.29, 0.717) is 5.02 Å². The quantitative estimate of drug-likeness (QED) is 0.504. The number of Topliss-reactive ketones (excluding diaryl/α,β-unsaturated/α-hetero) is 1. The first-order valence-corrected chi connectivity index (χ1v) is 9.74. The predicted molar refractivity (Wildman–Crippen MR) is 108 cm³/mol. The summed E-state index contributed by atoms with van der Waals surface area (Å²) in [7, 11) is 0. The number of ketones is 1. The monoisotopic (exact) mass is 387 g/mol. The van der Waals surface area contributed by atoms with Crippen LogP contribution < -0.4 is 4.74 Å². The predicted octanol–water partition coefficient (Wildman–Crippen LogP) is 5.75. The first-order chi connectivity index (χ1) is 12.4. The van der Waals surface area contributed by atoms with Crippen LogP contribution in [0.25, 0.3) is 0 Å². The summed E-state index contributed by atoms with van der Waals surface area (Å²) >= 11 is 7.78. The number of thiophene rings is 1. The Balaban J connectivity index is 1.77. The van der Waals surface area contributed by atoms with Crippen molar-refractivity contribution in [3.8, 4) is 5.75 Å². The minimum absolute atomic E-state index is 0.00993. The van der Waals surface area contributed by atoms with Crippen LogP contribution in [0.1, 0.15) is 37.7 Å². The molecule has 136 valence electrons. The topological polar surface area (TPSA) is 31.2 Å². The number of carbonyl (C=O) groups is 1. The molecule has 0 saturated carbocycles. The zero-order valence-electron chi connectivity index (χ0n) is 15.4. The van der Waals surface area contributed by atoms with Gasteiger partial charge in [0.1, 0.15) is 5.75 Å². The van der Waals surface area contributed by atoms with Gasteiger partial charge < -0.3 is 9.30 Å². The number of aryl methyl sites for hydroxylation is 3. The summed E-state index contributed by atoms with van der Waals surface area (Å²) in [5.41, 5.74) is 4.66. The van der Waals surface area contributed by atoms with Gasteiger partial charge in [-0.3, -0.25) is 4.79 Å². The van der Waals surface area contributed by atoms with Crippen LogP contribution in [0.4, 0.5) is 0 Å². The van der Waals surface area contributed by atoms with Crippen LogP contribution in [0.5, 0.6) is 5.75 Å². The third-order valence-electron chi connectivity index (χ3n) is 4.54. The maximum atomic E-state index is 12.7. The molecule has 0 aliphatic rings. The average molecular weight is 388 g/mol. The fourth-order valence-electron chi connectivity index (χ4n) is 3.23. The van der Waals surface area contributed by atoms with Crippen molar-refractivity contribution in [3.05, 3.63) is 73.7 Å². The molecular formula is C21H22ClNO2S. The van der Waals surface area contributed by atoms with Crippen molar-refractivity contribution < 1.29 is 9.53 Å². The van der Waals surface area contributed by atoms with E-state index < -0.39 is 0 Å². The van der Waals surface area contributed by atoms with Gasteiger partial charge in [-0.1, -0.05) is 17.7 Å². The van der Waals surface area contributed by atoms with Crippen molar-refractivity contribution in [1.29, 1.82) is 0 Å². The molecule has 0 saturated heterocycles. The number of nitrogens with zero attached hydrogens (tertiary/aromatic N) is 1. The zero-order valence-corrected chi connectivity index (χ0v) is 17.0. The molecule has 0 aliphatic carbocycles. The maximum absolute atomic E-state index is 12.7. The van der Waals surface area contributed by atoms with Gasteiger partial charge in [-0.25, -0.2) is 0 Å². The highest BCUT2D eigenvalue weighted by Crippen LogP contribution is 2.27. The molecular weight excluding hydrogens is 366 g/mol. The minimum atomic E-state index is -0.00993. The van der Waals surface area contributed by atoms with Crippen LogP contribution in [0.15, 0.2) is 35.7 Å². The number of hydrogen-bond acceptors (Lipinski definition) is 3. The number of carbonyl (C=O) groups excluding carboxylic acids is 1. The van der Waals surface area contributed by atoms with E-state index in [-0.39, 0.29) is 12.4 Å². The molecule has 2 aromatic heterocycles. The van der Waals surface area contributed by atoms with Crippen molar-refractivity contribution in [2.45, 2.75) is 34.2 Å². The Labute approximate surface area is 163 Å². The Morgan fingerprint density at radius 3 is 2.46 bits per heavy atom. The molecule has 0 unspecified atom stereocenters. The van der Waals surface area contributed by atoms with Crippen LogP contribution in [0.2, 0.25) is 5.02 Å². The number of ether oxygens (including phenoxy) is 1. The fourth-order valence-corrected chi connectivity index (χ4v) is 4.25. The molecule has 0 radical (unpaired) electrons. The van der Waals surface area contributed by atoms with Gasteiger partial charge in [-0.15, -0.1) is 11.3 Å². The molecule has 3 rings (SSSR count).